The van der Waals surface area contributed by atoms with Crippen LogP contribution < -0.4 is 0 Å². The van der Waals surface area contributed by atoms with Crippen LogP contribution in [-0.2, 0) is 32.3 Å². The van der Waals surface area contributed by atoms with Gasteiger partial charge in [-0.25, -0.2) is 4.57 Å². The molecular weight excluding hydrogens is 389 g/mol. The Morgan fingerprint density at radius 2 is 1.68 bits per heavy atom. The molecule has 0 saturated carbocycles. The maximum Gasteiger partial charge on any atom is 0.475 e. The molecular formula is C18H32NO8P. The molecule has 0 radical (unpaired) electrons. The minimum absolute atomic E-state index is 0.0436. The van der Waals surface area contributed by atoms with Gasteiger partial charge in [0.05, 0.1) is 50.6 Å². The molecule has 0 aromatic rings. The minimum Gasteiger partial charge on any atom is -0.390 e. The number of hydrogen-bond donors (Lipinski definition) is 1. The molecule has 0 spiro atoms. The largest absolute Gasteiger partial charge is 0.475 e. The van der Waals surface area contributed by atoms with Gasteiger partial charge in [-0.1, -0.05) is 13.8 Å². The second-order valence-corrected chi connectivity index (χ2v) is 9.10. The summed E-state index contributed by atoms with van der Waals surface area (Å²) < 4.78 is 46.6. The Bertz CT molecular complexity index is 584. The van der Waals surface area contributed by atoms with Gasteiger partial charge in [-0.2, -0.15) is 5.26 Å². The Hall–Kier alpha value is -0.560. The molecule has 10 heteroatoms. The Balaban J connectivity index is 2.07. The first-order valence-corrected chi connectivity index (χ1v) is 11.1. The van der Waals surface area contributed by atoms with E-state index in [0.717, 1.165) is 0 Å². The van der Waals surface area contributed by atoms with Crippen molar-refractivity contribution in [3.8, 4) is 6.07 Å². The highest BCUT2D eigenvalue weighted by Crippen LogP contribution is 2.53. The van der Waals surface area contributed by atoms with Crippen molar-refractivity contribution >= 4 is 7.82 Å². The third kappa shape index (κ3) is 5.74. The molecule has 0 aromatic carbocycles. The molecule has 2 rings (SSSR count). The van der Waals surface area contributed by atoms with Crippen molar-refractivity contribution in [1.82, 2.24) is 0 Å². The monoisotopic (exact) mass is 421 g/mol. The van der Waals surface area contributed by atoms with Crippen LogP contribution in [0.2, 0.25) is 0 Å². The van der Waals surface area contributed by atoms with Gasteiger partial charge in [0, 0.05) is 18.9 Å². The Labute approximate surface area is 166 Å². The highest BCUT2D eigenvalue weighted by Gasteiger charge is 2.46. The first kappa shape index (κ1) is 23.7. The summed E-state index contributed by atoms with van der Waals surface area (Å²) in [5, 5.41) is 19.0. The minimum atomic E-state index is -4.02. The van der Waals surface area contributed by atoms with E-state index in [1.807, 2.05) is 33.8 Å². The first-order chi connectivity index (χ1) is 13.2. The molecule has 1 N–H and O–H groups in total. The molecule has 9 nitrogen and oxygen atoms in total. The second kappa shape index (κ2) is 10.5. The number of phosphoric acid groups is 1. The van der Waals surface area contributed by atoms with E-state index < -0.39 is 32.2 Å². The van der Waals surface area contributed by atoms with Crippen LogP contribution in [0.1, 0.15) is 34.1 Å². The van der Waals surface area contributed by atoms with Crippen LogP contribution in [-0.4, -0.2) is 68.7 Å². The maximum atomic E-state index is 13.3. The lowest BCUT2D eigenvalue weighted by Gasteiger charge is -2.27. The molecule has 2 aliphatic heterocycles. The summed E-state index contributed by atoms with van der Waals surface area (Å²) in [5.41, 5.74) is 0. The number of ether oxygens (including phenoxy) is 3. The molecule has 9 atom stereocenters. The van der Waals surface area contributed by atoms with Crippen molar-refractivity contribution in [2.24, 2.45) is 11.8 Å². The standard InChI is InChI=1S/C18H32NO8P/c1-11-13(3)25-15(17(11)20)10-24-28(21,23-8-6-7-19)27-18-12(2)14(4)26-16(18)9-22-5/h11-18,20H,6,8-10H2,1-5H3. The van der Waals surface area contributed by atoms with Crippen LogP contribution in [0.3, 0.4) is 0 Å². The summed E-state index contributed by atoms with van der Waals surface area (Å²) in [6, 6.07) is 1.93. The number of hydrogen-bond acceptors (Lipinski definition) is 9. The van der Waals surface area contributed by atoms with Gasteiger partial charge in [0.25, 0.3) is 0 Å². The smallest absolute Gasteiger partial charge is 0.390 e. The normalized spacial score (nSPS) is 40.3. The van der Waals surface area contributed by atoms with Gasteiger partial charge >= 0.3 is 7.82 Å². The van der Waals surface area contributed by atoms with Gasteiger partial charge in [0.15, 0.2) is 0 Å². The molecule has 9 unspecified atom stereocenters. The zero-order valence-electron chi connectivity index (χ0n) is 17.1. The predicted molar refractivity (Wildman–Crippen MR) is 99.5 cm³/mol. The van der Waals surface area contributed by atoms with Crippen LogP contribution >= 0.6 is 7.82 Å². The van der Waals surface area contributed by atoms with E-state index in [9.17, 15) is 9.67 Å². The molecule has 2 fully saturated rings. The Morgan fingerprint density at radius 1 is 1.04 bits per heavy atom. The number of rotatable bonds is 10. The summed E-state index contributed by atoms with van der Waals surface area (Å²) in [4.78, 5) is 0. The van der Waals surface area contributed by atoms with Crippen molar-refractivity contribution in [2.45, 2.75) is 70.7 Å². The summed E-state index contributed by atoms with van der Waals surface area (Å²) in [6.45, 7) is 7.61. The molecule has 2 heterocycles. The lowest BCUT2D eigenvalue weighted by atomic mass is 10.00. The third-order valence-electron chi connectivity index (χ3n) is 5.51. The summed E-state index contributed by atoms with van der Waals surface area (Å²) in [6.07, 6.45) is -2.56. The molecule has 0 bridgehead atoms. The highest BCUT2D eigenvalue weighted by atomic mass is 31.2. The lowest BCUT2D eigenvalue weighted by Crippen LogP contribution is -2.33. The van der Waals surface area contributed by atoms with Gasteiger partial charge in [0.1, 0.15) is 18.3 Å². The molecule has 162 valence electrons. The van der Waals surface area contributed by atoms with Gasteiger partial charge < -0.3 is 19.3 Å². The van der Waals surface area contributed by atoms with Gasteiger partial charge in [-0.05, 0) is 13.8 Å². The van der Waals surface area contributed by atoms with Gasteiger partial charge in [-0.15, -0.1) is 0 Å². The SMILES string of the molecule is COCC1OC(C)C(C)C1OP(=O)(OCCC#N)OCC1OC(C)C(C)C1O. The van der Waals surface area contributed by atoms with Crippen LogP contribution in [0.25, 0.3) is 0 Å². The van der Waals surface area contributed by atoms with E-state index in [2.05, 4.69) is 0 Å². The van der Waals surface area contributed by atoms with Crippen molar-refractivity contribution in [3.05, 3.63) is 0 Å². The van der Waals surface area contributed by atoms with Gasteiger partial charge in [-0.3, -0.25) is 13.6 Å². The maximum absolute atomic E-state index is 13.3. The van der Waals surface area contributed by atoms with Crippen molar-refractivity contribution in [1.29, 1.82) is 5.26 Å². The third-order valence-corrected chi connectivity index (χ3v) is 6.97. The molecule has 0 aliphatic carbocycles. The van der Waals surface area contributed by atoms with E-state index in [1.165, 1.54) is 0 Å². The fraction of sp³-hybridized carbons (Fsp3) is 0.944. The topological polar surface area (TPSA) is 116 Å². The molecule has 2 saturated heterocycles. The number of methoxy groups -OCH3 is 1. The Morgan fingerprint density at radius 3 is 2.25 bits per heavy atom. The van der Waals surface area contributed by atoms with E-state index >= 15 is 0 Å². The lowest BCUT2D eigenvalue weighted by molar-refractivity contribution is -0.0444. The van der Waals surface area contributed by atoms with Crippen LogP contribution in [0.15, 0.2) is 0 Å². The van der Waals surface area contributed by atoms with Crippen LogP contribution in [0.4, 0.5) is 0 Å². The van der Waals surface area contributed by atoms with Gasteiger partial charge in [0.2, 0.25) is 0 Å². The molecule has 0 aromatic heterocycles. The quantitative estimate of drug-likeness (QED) is 0.419. The second-order valence-electron chi connectivity index (χ2n) is 7.48. The summed E-state index contributed by atoms with van der Waals surface area (Å²) in [5.74, 6) is -0.131. The number of aliphatic hydroxyl groups is 1. The number of phosphoric ester groups is 1. The zero-order chi connectivity index (χ0) is 20.9. The zero-order valence-corrected chi connectivity index (χ0v) is 18.0. The van der Waals surface area contributed by atoms with E-state index in [-0.39, 0.29) is 50.3 Å². The first-order valence-electron chi connectivity index (χ1n) is 9.64. The molecule has 28 heavy (non-hydrogen) atoms. The summed E-state index contributed by atoms with van der Waals surface area (Å²) in [7, 11) is -2.47. The number of nitrogens with zero attached hydrogens (tertiary/aromatic N) is 1. The number of nitriles is 1. The average molecular weight is 421 g/mol. The van der Waals surface area contributed by atoms with Crippen molar-refractivity contribution in [3.63, 3.8) is 0 Å². The fourth-order valence-corrected chi connectivity index (χ4v) is 4.86. The van der Waals surface area contributed by atoms with E-state index in [1.54, 1.807) is 7.11 Å². The fourth-order valence-electron chi connectivity index (χ4n) is 3.39. The van der Waals surface area contributed by atoms with Crippen LogP contribution in [0, 0.1) is 23.2 Å². The number of aliphatic hydroxyl groups excluding tert-OH is 1. The molecule has 0 amide bonds. The molecule has 2 aliphatic rings. The van der Waals surface area contributed by atoms with Crippen molar-refractivity contribution in [2.75, 3.05) is 26.9 Å². The Kier molecular flexibility index (Phi) is 8.86. The average Bonchev–Trinajstić information content (AvgIpc) is 3.05. The van der Waals surface area contributed by atoms with Crippen molar-refractivity contribution < 1.29 is 37.5 Å². The van der Waals surface area contributed by atoms with E-state index in [0.29, 0.717) is 0 Å². The van der Waals surface area contributed by atoms with Crippen LogP contribution in [0.5, 0.6) is 0 Å². The van der Waals surface area contributed by atoms with E-state index in [4.69, 9.17) is 33.0 Å². The highest BCUT2D eigenvalue weighted by molar-refractivity contribution is 7.48. The summed E-state index contributed by atoms with van der Waals surface area (Å²) >= 11 is 0. The predicted octanol–water partition coefficient (Wildman–Crippen LogP) is 2.28.